The third kappa shape index (κ3) is 9.09. The summed E-state index contributed by atoms with van der Waals surface area (Å²) in [7, 11) is 0. The maximum Gasteiger partial charge on any atom is 0.305 e. The van der Waals surface area contributed by atoms with Gasteiger partial charge in [-0.1, -0.05) is 30.3 Å². The average Bonchev–Trinajstić information content (AvgIpc) is 2.56. The fourth-order valence-electron chi connectivity index (χ4n) is 2.13. The minimum Gasteiger partial charge on any atom is -0.481 e. The highest BCUT2D eigenvalue weighted by Crippen LogP contribution is 2.16. The van der Waals surface area contributed by atoms with Crippen molar-refractivity contribution in [3.05, 3.63) is 35.9 Å². The molecule has 8 nitrogen and oxygen atoms in total. The first-order chi connectivity index (χ1) is 11.9. The van der Waals surface area contributed by atoms with Crippen molar-refractivity contribution in [1.82, 2.24) is 16.0 Å². The summed E-state index contributed by atoms with van der Waals surface area (Å²) in [6.45, 7) is 1.99. The van der Waals surface area contributed by atoms with Gasteiger partial charge in [0.25, 0.3) is 0 Å². The summed E-state index contributed by atoms with van der Waals surface area (Å²) >= 11 is 0. The van der Waals surface area contributed by atoms with Gasteiger partial charge in [-0.05, 0) is 5.56 Å². The molecule has 1 aromatic carbocycles. The Morgan fingerprint density at radius 3 is 2.16 bits per heavy atom. The number of carbonyl (C=O) groups excluding carboxylic acids is 3. The van der Waals surface area contributed by atoms with Gasteiger partial charge in [-0.2, -0.15) is 0 Å². The molecule has 0 aliphatic carbocycles. The zero-order valence-corrected chi connectivity index (χ0v) is 14.1. The Balaban J connectivity index is 2.40. The molecule has 1 rings (SSSR count). The number of carboxylic acids is 1. The molecule has 0 aromatic heterocycles. The number of nitrogens with one attached hydrogen (secondary N) is 3. The molecule has 1 atom stereocenters. The molecule has 0 saturated heterocycles. The van der Waals surface area contributed by atoms with E-state index in [4.69, 9.17) is 5.11 Å². The topological polar surface area (TPSA) is 125 Å². The van der Waals surface area contributed by atoms with Gasteiger partial charge >= 0.3 is 5.97 Å². The van der Waals surface area contributed by atoms with E-state index < -0.39 is 17.9 Å². The monoisotopic (exact) mass is 349 g/mol. The number of hydrogen-bond donors (Lipinski definition) is 4. The number of carboxylic acid groups (broad SMARTS) is 1. The van der Waals surface area contributed by atoms with Crippen LogP contribution in [0.4, 0.5) is 0 Å². The van der Waals surface area contributed by atoms with Crippen LogP contribution in [-0.2, 0) is 19.2 Å². The molecule has 0 spiro atoms. The molecule has 25 heavy (non-hydrogen) atoms. The summed E-state index contributed by atoms with van der Waals surface area (Å²) < 4.78 is 0. The molecular formula is C17H23N3O5. The van der Waals surface area contributed by atoms with Gasteiger partial charge in [0.1, 0.15) is 0 Å². The lowest BCUT2D eigenvalue weighted by atomic mass is 10.0. The van der Waals surface area contributed by atoms with Crippen LogP contribution in [0.1, 0.15) is 37.8 Å². The fraction of sp³-hybridized carbons (Fsp3) is 0.412. The van der Waals surface area contributed by atoms with E-state index in [1.165, 1.54) is 6.92 Å². The van der Waals surface area contributed by atoms with Crippen molar-refractivity contribution in [1.29, 1.82) is 0 Å². The molecule has 0 aliphatic rings. The van der Waals surface area contributed by atoms with E-state index in [1.54, 1.807) is 30.3 Å². The van der Waals surface area contributed by atoms with Gasteiger partial charge in [0.15, 0.2) is 0 Å². The highest BCUT2D eigenvalue weighted by atomic mass is 16.4. The quantitative estimate of drug-likeness (QED) is 0.454. The van der Waals surface area contributed by atoms with Gasteiger partial charge in [0.2, 0.25) is 17.7 Å². The molecule has 0 fully saturated rings. The second-order valence-corrected chi connectivity index (χ2v) is 5.46. The minimum atomic E-state index is -1.02. The van der Waals surface area contributed by atoms with Crippen LogP contribution in [0.15, 0.2) is 30.3 Å². The normalized spacial score (nSPS) is 11.2. The Kier molecular flexibility index (Phi) is 8.70. The predicted octanol–water partition coefficient (Wildman–Crippen LogP) is 0.351. The summed E-state index contributed by atoms with van der Waals surface area (Å²) in [5.41, 5.74) is 0.693. The van der Waals surface area contributed by atoms with E-state index in [0.29, 0.717) is 12.1 Å². The lowest BCUT2D eigenvalue weighted by Crippen LogP contribution is -2.35. The molecule has 8 heteroatoms. The van der Waals surface area contributed by atoms with E-state index in [1.807, 2.05) is 0 Å². The largest absolute Gasteiger partial charge is 0.481 e. The molecule has 1 unspecified atom stereocenters. The van der Waals surface area contributed by atoms with Crippen molar-refractivity contribution in [2.45, 2.75) is 32.2 Å². The van der Waals surface area contributed by atoms with Gasteiger partial charge in [-0.15, -0.1) is 0 Å². The predicted molar refractivity (Wildman–Crippen MR) is 90.5 cm³/mol. The summed E-state index contributed by atoms with van der Waals surface area (Å²) in [6.07, 6.45) is -0.298. The van der Waals surface area contributed by atoms with Crippen molar-refractivity contribution >= 4 is 23.7 Å². The van der Waals surface area contributed by atoms with E-state index in [-0.39, 0.29) is 37.6 Å². The minimum absolute atomic E-state index is 0.0134. The van der Waals surface area contributed by atoms with Crippen LogP contribution >= 0.6 is 0 Å². The maximum atomic E-state index is 12.0. The van der Waals surface area contributed by atoms with Crippen LogP contribution in [0.3, 0.4) is 0 Å². The summed E-state index contributed by atoms with van der Waals surface area (Å²) in [6, 6.07) is 8.16. The SMILES string of the molecule is CC(=O)NCCNC(=O)CCC(=O)NC(CC(=O)O)c1ccccc1. The summed E-state index contributed by atoms with van der Waals surface area (Å²) in [5.74, 6) is -1.91. The highest BCUT2D eigenvalue weighted by molar-refractivity contribution is 5.84. The number of benzene rings is 1. The first-order valence-electron chi connectivity index (χ1n) is 7.95. The fourth-order valence-corrected chi connectivity index (χ4v) is 2.13. The van der Waals surface area contributed by atoms with Crippen molar-refractivity contribution < 1.29 is 24.3 Å². The first kappa shape index (κ1) is 20.1. The van der Waals surface area contributed by atoms with Crippen LogP contribution < -0.4 is 16.0 Å². The molecule has 4 N–H and O–H groups in total. The Morgan fingerprint density at radius 1 is 0.960 bits per heavy atom. The summed E-state index contributed by atoms with van der Waals surface area (Å²) in [4.78, 5) is 45.3. The molecule has 0 heterocycles. The molecule has 0 saturated carbocycles. The molecule has 1 aromatic rings. The van der Waals surface area contributed by atoms with Gasteiger partial charge in [-0.3, -0.25) is 19.2 Å². The van der Waals surface area contributed by atoms with E-state index in [9.17, 15) is 19.2 Å². The zero-order valence-electron chi connectivity index (χ0n) is 14.1. The van der Waals surface area contributed by atoms with Crippen LogP contribution in [0, 0.1) is 0 Å². The molecule has 136 valence electrons. The van der Waals surface area contributed by atoms with Crippen molar-refractivity contribution in [3.63, 3.8) is 0 Å². The molecule has 0 aliphatic heterocycles. The van der Waals surface area contributed by atoms with Crippen molar-refractivity contribution in [2.75, 3.05) is 13.1 Å². The Labute approximate surface area is 146 Å². The van der Waals surface area contributed by atoms with Crippen LogP contribution in [-0.4, -0.2) is 41.9 Å². The lowest BCUT2D eigenvalue weighted by Gasteiger charge is -2.17. The number of amides is 3. The van der Waals surface area contributed by atoms with E-state index in [2.05, 4.69) is 16.0 Å². The molecule has 3 amide bonds. The number of hydrogen-bond acceptors (Lipinski definition) is 4. The number of aliphatic carboxylic acids is 1. The van der Waals surface area contributed by atoms with Gasteiger partial charge in [0.05, 0.1) is 12.5 Å². The van der Waals surface area contributed by atoms with Gasteiger partial charge < -0.3 is 21.1 Å². The second kappa shape index (κ2) is 10.8. The number of rotatable bonds is 10. The smallest absolute Gasteiger partial charge is 0.305 e. The third-order valence-corrected chi connectivity index (χ3v) is 3.32. The van der Waals surface area contributed by atoms with Crippen LogP contribution in [0.5, 0.6) is 0 Å². The molecular weight excluding hydrogens is 326 g/mol. The zero-order chi connectivity index (χ0) is 18.7. The van der Waals surface area contributed by atoms with Crippen LogP contribution in [0.25, 0.3) is 0 Å². The van der Waals surface area contributed by atoms with Gasteiger partial charge in [-0.25, -0.2) is 0 Å². The van der Waals surface area contributed by atoms with E-state index >= 15 is 0 Å². The number of carbonyl (C=O) groups is 4. The first-order valence-corrected chi connectivity index (χ1v) is 7.95. The van der Waals surface area contributed by atoms with Gasteiger partial charge in [0, 0.05) is 32.9 Å². The third-order valence-electron chi connectivity index (χ3n) is 3.32. The van der Waals surface area contributed by atoms with Crippen molar-refractivity contribution in [2.24, 2.45) is 0 Å². The lowest BCUT2D eigenvalue weighted by molar-refractivity contribution is -0.138. The highest BCUT2D eigenvalue weighted by Gasteiger charge is 2.18. The van der Waals surface area contributed by atoms with Crippen LogP contribution in [0.2, 0.25) is 0 Å². The van der Waals surface area contributed by atoms with E-state index in [0.717, 1.165) is 0 Å². The Hall–Kier alpha value is -2.90. The molecule has 0 radical (unpaired) electrons. The second-order valence-electron chi connectivity index (χ2n) is 5.46. The molecule has 0 bridgehead atoms. The Morgan fingerprint density at radius 2 is 1.56 bits per heavy atom. The standard InChI is InChI=1S/C17H23N3O5/c1-12(21)18-9-10-19-15(22)7-8-16(23)20-14(11-17(24)25)13-5-3-2-4-6-13/h2-6,14H,7-11H2,1H3,(H,18,21)(H,19,22)(H,20,23)(H,24,25). The Bertz CT molecular complexity index is 604. The van der Waals surface area contributed by atoms with Crippen molar-refractivity contribution in [3.8, 4) is 0 Å². The maximum absolute atomic E-state index is 12.0. The summed E-state index contributed by atoms with van der Waals surface area (Å²) in [5, 5.41) is 16.8. The average molecular weight is 349 g/mol.